The van der Waals surface area contributed by atoms with Crippen molar-refractivity contribution in [1.29, 1.82) is 0 Å². The van der Waals surface area contributed by atoms with Crippen molar-refractivity contribution in [3.63, 3.8) is 0 Å². The number of amides is 1. The minimum atomic E-state index is -0.150. The van der Waals surface area contributed by atoms with E-state index in [2.05, 4.69) is 5.32 Å². The number of rotatable bonds is 4. The Balaban J connectivity index is 2.18. The monoisotopic (exact) mass is 280 g/mol. The lowest BCUT2D eigenvalue weighted by Gasteiger charge is -2.17. The van der Waals surface area contributed by atoms with Crippen molar-refractivity contribution in [2.24, 2.45) is 5.92 Å². The summed E-state index contributed by atoms with van der Waals surface area (Å²) in [4.78, 5) is 12.2. The zero-order chi connectivity index (χ0) is 14.7. The fourth-order valence-electron chi connectivity index (χ4n) is 2.30. The topological polar surface area (TPSA) is 82.8 Å². The molecular formula is C14H20N2O4. The van der Waals surface area contributed by atoms with Crippen LogP contribution in [0, 0.1) is 5.92 Å². The normalized spacial score (nSPS) is 21.6. The van der Waals surface area contributed by atoms with E-state index in [1.807, 2.05) is 6.92 Å². The first-order valence-corrected chi connectivity index (χ1v) is 6.50. The van der Waals surface area contributed by atoms with Crippen LogP contribution in [-0.4, -0.2) is 32.8 Å². The van der Waals surface area contributed by atoms with Crippen LogP contribution in [0.1, 0.15) is 13.3 Å². The van der Waals surface area contributed by atoms with E-state index in [1.54, 1.807) is 12.1 Å². The van der Waals surface area contributed by atoms with Gasteiger partial charge in [0.25, 0.3) is 0 Å². The van der Waals surface area contributed by atoms with Crippen molar-refractivity contribution < 1.29 is 19.0 Å². The average molecular weight is 280 g/mol. The second-order valence-corrected chi connectivity index (χ2v) is 4.75. The predicted molar refractivity (Wildman–Crippen MR) is 76.1 cm³/mol. The number of ether oxygens (including phenoxy) is 3. The minimum Gasteiger partial charge on any atom is -0.493 e. The number of methoxy groups -OCH3 is 2. The first-order chi connectivity index (χ1) is 9.56. The molecule has 1 aromatic rings. The summed E-state index contributed by atoms with van der Waals surface area (Å²) in [5, 5.41) is 2.83. The molecule has 1 amide bonds. The zero-order valence-electron chi connectivity index (χ0n) is 11.9. The second-order valence-electron chi connectivity index (χ2n) is 4.75. The van der Waals surface area contributed by atoms with Gasteiger partial charge in [0.05, 0.1) is 37.6 Å². The Morgan fingerprint density at radius 1 is 1.35 bits per heavy atom. The molecule has 1 fully saturated rings. The highest BCUT2D eigenvalue weighted by molar-refractivity contribution is 5.96. The lowest BCUT2D eigenvalue weighted by molar-refractivity contribution is -0.121. The predicted octanol–water partition coefficient (Wildman–Crippen LogP) is 1.65. The van der Waals surface area contributed by atoms with E-state index in [0.717, 1.165) is 6.42 Å². The fraction of sp³-hybridized carbons (Fsp3) is 0.500. The standard InChI is InChI=1S/C14H20N2O4/c1-8-9(4-5-20-8)14(17)16-11-7-13(19-3)12(18-2)6-10(11)15/h6-9H,4-5,15H2,1-3H3,(H,16,17). The third-order valence-corrected chi connectivity index (χ3v) is 3.53. The van der Waals surface area contributed by atoms with Gasteiger partial charge in [-0.3, -0.25) is 4.79 Å². The molecule has 110 valence electrons. The Morgan fingerprint density at radius 3 is 2.55 bits per heavy atom. The molecule has 2 atom stereocenters. The van der Waals surface area contributed by atoms with Gasteiger partial charge in [0, 0.05) is 18.7 Å². The molecule has 0 bridgehead atoms. The Labute approximate surface area is 118 Å². The molecule has 6 heteroatoms. The molecule has 6 nitrogen and oxygen atoms in total. The minimum absolute atomic E-state index is 0.0728. The number of nitrogens with one attached hydrogen (secondary N) is 1. The van der Waals surface area contributed by atoms with Crippen molar-refractivity contribution in [2.75, 3.05) is 31.9 Å². The molecule has 1 aromatic carbocycles. The van der Waals surface area contributed by atoms with E-state index in [4.69, 9.17) is 19.9 Å². The van der Waals surface area contributed by atoms with E-state index in [1.165, 1.54) is 14.2 Å². The average Bonchev–Trinajstić information content (AvgIpc) is 2.86. The van der Waals surface area contributed by atoms with Crippen molar-refractivity contribution in [1.82, 2.24) is 0 Å². The molecule has 3 N–H and O–H groups in total. The maximum absolute atomic E-state index is 12.2. The Bertz CT molecular complexity index is 504. The summed E-state index contributed by atoms with van der Waals surface area (Å²) in [6.45, 7) is 2.51. The summed E-state index contributed by atoms with van der Waals surface area (Å²) in [5.41, 5.74) is 6.87. The van der Waals surface area contributed by atoms with Crippen LogP contribution in [0.3, 0.4) is 0 Å². The zero-order valence-corrected chi connectivity index (χ0v) is 11.9. The van der Waals surface area contributed by atoms with Crippen molar-refractivity contribution >= 4 is 17.3 Å². The molecule has 1 aliphatic rings. The van der Waals surface area contributed by atoms with Gasteiger partial charge in [-0.2, -0.15) is 0 Å². The molecule has 1 heterocycles. The van der Waals surface area contributed by atoms with Crippen molar-refractivity contribution in [3.8, 4) is 11.5 Å². The number of benzene rings is 1. The van der Waals surface area contributed by atoms with Crippen LogP contribution in [0.4, 0.5) is 11.4 Å². The number of nitrogen functional groups attached to an aromatic ring is 1. The quantitative estimate of drug-likeness (QED) is 0.819. The summed E-state index contributed by atoms with van der Waals surface area (Å²) in [5.74, 6) is 0.810. The van der Waals surface area contributed by atoms with E-state index in [9.17, 15) is 4.79 Å². The molecule has 1 saturated heterocycles. The molecule has 0 spiro atoms. The molecule has 0 aromatic heterocycles. The maximum atomic E-state index is 12.2. The second kappa shape index (κ2) is 6.00. The van der Waals surface area contributed by atoms with Gasteiger partial charge in [0.1, 0.15) is 0 Å². The Hall–Kier alpha value is -1.95. The van der Waals surface area contributed by atoms with Gasteiger partial charge in [-0.1, -0.05) is 0 Å². The van der Waals surface area contributed by atoms with Crippen molar-refractivity contribution in [3.05, 3.63) is 12.1 Å². The van der Waals surface area contributed by atoms with Gasteiger partial charge in [0.15, 0.2) is 11.5 Å². The molecule has 1 aliphatic heterocycles. The van der Waals surface area contributed by atoms with Crippen LogP contribution in [0.15, 0.2) is 12.1 Å². The summed E-state index contributed by atoms with van der Waals surface area (Å²) < 4.78 is 15.8. The molecule has 20 heavy (non-hydrogen) atoms. The molecule has 2 unspecified atom stereocenters. The van der Waals surface area contributed by atoms with Crippen LogP contribution in [0.5, 0.6) is 11.5 Å². The Morgan fingerprint density at radius 2 is 2.00 bits per heavy atom. The van der Waals surface area contributed by atoms with Gasteiger partial charge in [-0.15, -0.1) is 0 Å². The van der Waals surface area contributed by atoms with Crippen LogP contribution >= 0.6 is 0 Å². The number of hydrogen-bond acceptors (Lipinski definition) is 5. The molecule has 0 radical (unpaired) electrons. The SMILES string of the molecule is COc1cc(N)c(NC(=O)C2CCOC2C)cc1OC. The fourth-order valence-corrected chi connectivity index (χ4v) is 2.30. The van der Waals surface area contributed by atoms with E-state index >= 15 is 0 Å². The van der Waals surface area contributed by atoms with Crippen LogP contribution in [-0.2, 0) is 9.53 Å². The van der Waals surface area contributed by atoms with Crippen molar-refractivity contribution in [2.45, 2.75) is 19.4 Å². The van der Waals surface area contributed by atoms with Crippen LogP contribution in [0.2, 0.25) is 0 Å². The van der Waals surface area contributed by atoms with Gasteiger partial charge in [-0.05, 0) is 13.3 Å². The van der Waals surface area contributed by atoms with Gasteiger partial charge >= 0.3 is 0 Å². The van der Waals surface area contributed by atoms with Crippen LogP contribution < -0.4 is 20.5 Å². The molecule has 0 aliphatic carbocycles. The number of anilines is 2. The van der Waals surface area contributed by atoms with Crippen LogP contribution in [0.25, 0.3) is 0 Å². The summed E-state index contributed by atoms with van der Waals surface area (Å²) in [6, 6.07) is 3.29. The lowest BCUT2D eigenvalue weighted by atomic mass is 10.0. The number of carbonyl (C=O) groups is 1. The Kier molecular flexibility index (Phi) is 4.34. The highest BCUT2D eigenvalue weighted by Crippen LogP contribution is 2.35. The maximum Gasteiger partial charge on any atom is 0.230 e. The number of carbonyl (C=O) groups excluding carboxylic acids is 1. The summed E-state index contributed by atoms with van der Waals surface area (Å²) >= 11 is 0. The summed E-state index contributed by atoms with van der Waals surface area (Å²) in [7, 11) is 3.07. The van der Waals surface area contributed by atoms with Gasteiger partial charge in [-0.25, -0.2) is 0 Å². The first kappa shape index (κ1) is 14.5. The third-order valence-electron chi connectivity index (χ3n) is 3.53. The van der Waals surface area contributed by atoms with E-state index in [-0.39, 0.29) is 17.9 Å². The molecular weight excluding hydrogens is 260 g/mol. The summed E-state index contributed by atoms with van der Waals surface area (Å²) in [6.07, 6.45) is 0.650. The number of nitrogens with two attached hydrogens (primary N) is 1. The lowest BCUT2D eigenvalue weighted by Crippen LogP contribution is -2.28. The van der Waals surface area contributed by atoms with E-state index < -0.39 is 0 Å². The van der Waals surface area contributed by atoms with E-state index in [0.29, 0.717) is 29.5 Å². The number of hydrogen-bond donors (Lipinski definition) is 2. The highest BCUT2D eigenvalue weighted by Gasteiger charge is 2.31. The highest BCUT2D eigenvalue weighted by atomic mass is 16.5. The first-order valence-electron chi connectivity index (χ1n) is 6.50. The van der Waals surface area contributed by atoms with Gasteiger partial charge in [0.2, 0.25) is 5.91 Å². The molecule has 0 saturated carbocycles. The smallest absolute Gasteiger partial charge is 0.230 e. The largest absolute Gasteiger partial charge is 0.493 e. The molecule has 2 rings (SSSR count). The third kappa shape index (κ3) is 2.80. The van der Waals surface area contributed by atoms with Gasteiger partial charge < -0.3 is 25.3 Å².